The first-order valence-electron chi connectivity index (χ1n) is 7.19. The molecule has 0 unspecified atom stereocenters. The lowest BCUT2D eigenvalue weighted by atomic mass is 10.0. The van der Waals surface area contributed by atoms with Gasteiger partial charge in [-0.05, 0) is 43.6 Å². The van der Waals surface area contributed by atoms with E-state index < -0.39 is 0 Å². The van der Waals surface area contributed by atoms with Gasteiger partial charge in [0.05, 0.1) is 0 Å². The number of anilines is 2. The molecule has 1 aromatic rings. The Bertz CT molecular complexity index is 391. The summed E-state index contributed by atoms with van der Waals surface area (Å²) in [5.41, 5.74) is 0. The molecular weight excluding hydrogens is 256 g/mol. The first-order chi connectivity index (χ1) is 9.28. The van der Waals surface area contributed by atoms with Crippen LogP contribution in [0.25, 0.3) is 0 Å². The number of nitrogens with one attached hydrogen (secondary N) is 2. The zero-order chi connectivity index (χ0) is 13.5. The summed E-state index contributed by atoms with van der Waals surface area (Å²) in [6.45, 7) is 6.08. The molecule has 2 heterocycles. The van der Waals surface area contributed by atoms with Gasteiger partial charge in [-0.1, -0.05) is 6.92 Å². The molecule has 4 nitrogen and oxygen atoms in total. The van der Waals surface area contributed by atoms with Crippen molar-refractivity contribution in [2.45, 2.75) is 33.1 Å². The predicted octanol–water partition coefficient (Wildman–Crippen LogP) is 3.16. The third kappa shape index (κ3) is 4.90. The second-order valence-electron chi connectivity index (χ2n) is 5.05. The van der Waals surface area contributed by atoms with Crippen LogP contribution in [0.1, 0.15) is 32.0 Å². The highest BCUT2D eigenvalue weighted by atomic mass is 32.2. The topological polar surface area (TPSA) is 49.8 Å². The van der Waals surface area contributed by atoms with Crippen LogP contribution in [0.4, 0.5) is 11.6 Å². The Morgan fingerprint density at radius 3 is 2.58 bits per heavy atom. The average Bonchev–Trinajstić information content (AvgIpc) is 2.43. The SMILES string of the molecule is CCCNc1cc(NCC2CCSCC2)nc(C)n1. The molecule has 0 amide bonds. The fourth-order valence-electron chi connectivity index (χ4n) is 2.20. The van der Waals surface area contributed by atoms with Crippen LogP contribution in [-0.2, 0) is 0 Å². The van der Waals surface area contributed by atoms with Gasteiger partial charge in [-0.25, -0.2) is 9.97 Å². The number of thioether (sulfide) groups is 1. The number of rotatable bonds is 6. The van der Waals surface area contributed by atoms with Crippen LogP contribution in [0.15, 0.2) is 6.07 Å². The highest BCUT2D eigenvalue weighted by Crippen LogP contribution is 2.23. The average molecular weight is 280 g/mol. The number of hydrogen-bond acceptors (Lipinski definition) is 5. The third-order valence-corrected chi connectivity index (χ3v) is 4.36. The van der Waals surface area contributed by atoms with E-state index in [1.807, 2.05) is 13.0 Å². The Morgan fingerprint density at radius 1 is 1.21 bits per heavy atom. The lowest BCUT2D eigenvalue weighted by molar-refractivity contribution is 0.515. The highest BCUT2D eigenvalue weighted by Gasteiger charge is 2.13. The van der Waals surface area contributed by atoms with Crippen molar-refractivity contribution in [3.8, 4) is 0 Å². The number of nitrogens with zero attached hydrogens (tertiary/aromatic N) is 2. The van der Waals surface area contributed by atoms with Gasteiger partial charge in [0.15, 0.2) is 0 Å². The molecular formula is C14H24N4S. The first kappa shape index (κ1) is 14.4. The third-order valence-electron chi connectivity index (χ3n) is 3.31. The fraction of sp³-hybridized carbons (Fsp3) is 0.714. The van der Waals surface area contributed by atoms with Crippen molar-refractivity contribution < 1.29 is 0 Å². The smallest absolute Gasteiger partial charge is 0.131 e. The molecule has 0 radical (unpaired) electrons. The van der Waals surface area contributed by atoms with E-state index in [1.54, 1.807) is 0 Å². The molecule has 1 aliphatic heterocycles. The monoisotopic (exact) mass is 280 g/mol. The first-order valence-corrected chi connectivity index (χ1v) is 8.34. The quantitative estimate of drug-likeness (QED) is 0.838. The van der Waals surface area contributed by atoms with Crippen LogP contribution in [0.5, 0.6) is 0 Å². The van der Waals surface area contributed by atoms with E-state index in [2.05, 4.69) is 39.3 Å². The van der Waals surface area contributed by atoms with Crippen LogP contribution in [-0.4, -0.2) is 34.6 Å². The second-order valence-corrected chi connectivity index (χ2v) is 6.27. The van der Waals surface area contributed by atoms with Gasteiger partial charge in [-0.15, -0.1) is 0 Å². The lowest BCUT2D eigenvalue weighted by Gasteiger charge is -2.21. The van der Waals surface area contributed by atoms with Gasteiger partial charge in [0.1, 0.15) is 17.5 Å². The normalized spacial score (nSPS) is 16.3. The Hall–Kier alpha value is -0.970. The fourth-order valence-corrected chi connectivity index (χ4v) is 3.41. The largest absolute Gasteiger partial charge is 0.370 e. The number of hydrogen-bond donors (Lipinski definition) is 2. The van der Waals surface area contributed by atoms with Crippen molar-refractivity contribution in [1.82, 2.24) is 9.97 Å². The molecule has 0 bridgehead atoms. The maximum atomic E-state index is 4.46. The zero-order valence-corrected chi connectivity index (χ0v) is 12.7. The molecule has 2 rings (SSSR count). The van der Waals surface area contributed by atoms with E-state index in [4.69, 9.17) is 0 Å². The lowest BCUT2D eigenvalue weighted by Crippen LogP contribution is -2.20. The van der Waals surface area contributed by atoms with Crippen LogP contribution in [0, 0.1) is 12.8 Å². The molecule has 0 spiro atoms. The van der Waals surface area contributed by atoms with E-state index in [0.29, 0.717) is 0 Å². The zero-order valence-electron chi connectivity index (χ0n) is 11.9. The summed E-state index contributed by atoms with van der Waals surface area (Å²) in [6.07, 6.45) is 3.75. The molecule has 2 N–H and O–H groups in total. The Labute approximate surface area is 120 Å². The summed E-state index contributed by atoms with van der Waals surface area (Å²) in [4.78, 5) is 8.86. The molecule has 1 aliphatic rings. The summed E-state index contributed by atoms with van der Waals surface area (Å²) >= 11 is 2.07. The second kappa shape index (κ2) is 7.58. The molecule has 0 atom stereocenters. The summed E-state index contributed by atoms with van der Waals surface area (Å²) in [6, 6.07) is 2.01. The molecule has 5 heteroatoms. The minimum Gasteiger partial charge on any atom is -0.370 e. The minimum atomic E-state index is 0.795. The van der Waals surface area contributed by atoms with Crippen molar-refractivity contribution >= 4 is 23.4 Å². The molecule has 0 saturated carbocycles. The molecule has 0 aliphatic carbocycles. The van der Waals surface area contributed by atoms with Gasteiger partial charge >= 0.3 is 0 Å². The van der Waals surface area contributed by atoms with Crippen LogP contribution in [0.3, 0.4) is 0 Å². The Morgan fingerprint density at radius 2 is 1.89 bits per heavy atom. The molecule has 0 aromatic carbocycles. The molecule has 1 saturated heterocycles. The van der Waals surface area contributed by atoms with Crippen molar-refractivity contribution in [3.05, 3.63) is 11.9 Å². The van der Waals surface area contributed by atoms with E-state index in [1.165, 1.54) is 24.3 Å². The minimum absolute atomic E-state index is 0.795. The Kier molecular flexibility index (Phi) is 5.76. The molecule has 19 heavy (non-hydrogen) atoms. The summed E-state index contributed by atoms with van der Waals surface area (Å²) in [7, 11) is 0. The maximum absolute atomic E-state index is 4.46. The molecule has 106 valence electrons. The van der Waals surface area contributed by atoms with Gasteiger partial charge in [0, 0.05) is 19.2 Å². The van der Waals surface area contributed by atoms with Crippen LogP contribution >= 0.6 is 11.8 Å². The predicted molar refractivity (Wildman–Crippen MR) is 84.1 cm³/mol. The summed E-state index contributed by atoms with van der Waals surface area (Å²) < 4.78 is 0. The van der Waals surface area contributed by atoms with Crippen molar-refractivity contribution in [3.63, 3.8) is 0 Å². The van der Waals surface area contributed by atoms with Crippen molar-refractivity contribution in [2.24, 2.45) is 5.92 Å². The molecule has 1 fully saturated rings. The van der Waals surface area contributed by atoms with Crippen LogP contribution in [0.2, 0.25) is 0 Å². The van der Waals surface area contributed by atoms with Crippen molar-refractivity contribution in [2.75, 3.05) is 35.2 Å². The standard InChI is InChI=1S/C14H24N4S/c1-3-6-15-13-9-14(18-11(2)17-13)16-10-12-4-7-19-8-5-12/h9,12H,3-8,10H2,1-2H3,(H2,15,16,17,18). The van der Waals surface area contributed by atoms with Crippen molar-refractivity contribution in [1.29, 1.82) is 0 Å². The maximum Gasteiger partial charge on any atom is 0.131 e. The number of aryl methyl sites for hydroxylation is 1. The summed E-state index contributed by atoms with van der Waals surface area (Å²) in [5, 5.41) is 6.79. The highest BCUT2D eigenvalue weighted by molar-refractivity contribution is 7.99. The van der Waals surface area contributed by atoms with E-state index in [0.717, 1.165) is 42.9 Å². The molecule has 1 aromatic heterocycles. The Balaban J connectivity index is 1.89. The van der Waals surface area contributed by atoms with Crippen LogP contribution < -0.4 is 10.6 Å². The van der Waals surface area contributed by atoms with Gasteiger partial charge in [0.25, 0.3) is 0 Å². The van der Waals surface area contributed by atoms with Gasteiger partial charge in [-0.2, -0.15) is 11.8 Å². The van der Waals surface area contributed by atoms with Gasteiger partial charge in [-0.3, -0.25) is 0 Å². The van der Waals surface area contributed by atoms with E-state index >= 15 is 0 Å². The van der Waals surface area contributed by atoms with Gasteiger partial charge in [0.2, 0.25) is 0 Å². The van der Waals surface area contributed by atoms with E-state index in [9.17, 15) is 0 Å². The van der Waals surface area contributed by atoms with E-state index in [-0.39, 0.29) is 0 Å². The van der Waals surface area contributed by atoms with Gasteiger partial charge < -0.3 is 10.6 Å². The summed E-state index contributed by atoms with van der Waals surface area (Å²) in [5.74, 6) is 6.10. The number of aromatic nitrogens is 2.